The molecule has 0 saturated carbocycles. The van der Waals surface area contributed by atoms with Crippen molar-refractivity contribution in [1.29, 1.82) is 0 Å². The summed E-state index contributed by atoms with van der Waals surface area (Å²) in [6.07, 6.45) is 1.45. The van der Waals surface area contributed by atoms with E-state index < -0.39 is 15.3 Å². The summed E-state index contributed by atoms with van der Waals surface area (Å²) in [5, 5.41) is 6.41. The van der Waals surface area contributed by atoms with E-state index >= 15 is 0 Å². The minimum atomic E-state index is -3.64. The first-order valence-corrected chi connectivity index (χ1v) is 8.53. The Hall–Kier alpha value is -1.37. The van der Waals surface area contributed by atoms with Crippen molar-refractivity contribution < 1.29 is 8.42 Å². The van der Waals surface area contributed by atoms with Crippen LogP contribution in [0, 0.1) is 0 Å². The molecule has 0 amide bonds. The van der Waals surface area contributed by atoms with Crippen LogP contribution < -0.4 is 5.43 Å². The summed E-state index contributed by atoms with van der Waals surface area (Å²) < 4.78 is 24.5. The zero-order chi connectivity index (χ0) is 15.6. The van der Waals surface area contributed by atoms with Crippen LogP contribution in [-0.2, 0) is 9.84 Å². The van der Waals surface area contributed by atoms with E-state index in [0.29, 0.717) is 22.0 Å². The number of rotatable bonds is 4. The van der Waals surface area contributed by atoms with Gasteiger partial charge in [0, 0.05) is 10.0 Å². The monoisotopic (exact) mass is 346 g/mol. The zero-order valence-electron chi connectivity index (χ0n) is 11.1. The van der Waals surface area contributed by atoms with Gasteiger partial charge >= 0.3 is 0 Å². The van der Waals surface area contributed by atoms with Gasteiger partial charge in [0.25, 0.3) is 0 Å². The molecule has 0 bridgehead atoms. The fraction of sp³-hybridized carbons (Fsp3) is 0.231. The molecule has 0 aliphatic heterocycles. The number of benzene rings is 1. The van der Waals surface area contributed by atoms with Crippen molar-refractivity contribution in [2.45, 2.75) is 18.4 Å². The lowest BCUT2D eigenvalue weighted by molar-refractivity contribution is 0.589. The second-order valence-electron chi connectivity index (χ2n) is 4.42. The van der Waals surface area contributed by atoms with Crippen LogP contribution in [0.5, 0.6) is 0 Å². The van der Waals surface area contributed by atoms with Gasteiger partial charge in [-0.15, -0.1) is 0 Å². The second-order valence-corrected chi connectivity index (χ2v) is 7.33. The molecule has 0 fully saturated rings. The van der Waals surface area contributed by atoms with E-state index in [1.54, 1.807) is 6.92 Å². The smallest absolute Gasteiger partial charge is 0.209 e. The third-order valence-electron chi connectivity index (χ3n) is 2.76. The predicted octanol–water partition coefficient (Wildman–Crippen LogP) is 2.93. The average molecular weight is 347 g/mol. The number of aromatic nitrogens is 2. The Morgan fingerprint density at radius 3 is 2.38 bits per heavy atom. The molecule has 1 N–H and O–H groups in total. The van der Waals surface area contributed by atoms with Gasteiger partial charge in [-0.25, -0.2) is 8.42 Å². The third kappa shape index (κ3) is 3.45. The summed E-state index contributed by atoms with van der Waals surface area (Å²) in [6.45, 7) is 1.74. The Labute approximate surface area is 131 Å². The highest BCUT2D eigenvalue weighted by molar-refractivity contribution is 7.91. The first-order valence-electron chi connectivity index (χ1n) is 6.12. The molecule has 0 saturated heterocycles. The summed E-state index contributed by atoms with van der Waals surface area (Å²) in [6, 6.07) is 4.48. The maximum Gasteiger partial charge on any atom is 0.209 e. The summed E-state index contributed by atoms with van der Waals surface area (Å²) in [4.78, 5) is 12.1. The third-order valence-corrected chi connectivity index (χ3v) is 5.06. The highest BCUT2D eigenvalue weighted by Gasteiger charge is 2.22. The van der Waals surface area contributed by atoms with Crippen LogP contribution in [0.3, 0.4) is 0 Å². The standard InChI is InChI=1S/C13H12Cl2N2O3S/c1-2-3-21(19,20)13-12(11(18)7-16-17-13)8-4-9(14)6-10(15)5-8/h4-7H,2-3H2,1H3,(H,17,18). The van der Waals surface area contributed by atoms with Crippen molar-refractivity contribution in [3.63, 3.8) is 0 Å². The number of hydrogen-bond donors (Lipinski definition) is 1. The highest BCUT2D eigenvalue weighted by Crippen LogP contribution is 2.28. The van der Waals surface area contributed by atoms with Crippen LogP contribution in [-0.4, -0.2) is 24.4 Å². The molecule has 0 aliphatic carbocycles. The summed E-state index contributed by atoms with van der Waals surface area (Å²) >= 11 is 11.8. The average Bonchev–Trinajstić information content (AvgIpc) is 2.37. The van der Waals surface area contributed by atoms with Crippen molar-refractivity contribution >= 4 is 33.0 Å². The molecular weight excluding hydrogens is 335 g/mol. The molecule has 2 aromatic rings. The second kappa shape index (κ2) is 6.17. The molecule has 0 unspecified atom stereocenters. The molecule has 0 radical (unpaired) electrons. The van der Waals surface area contributed by atoms with E-state index in [1.165, 1.54) is 18.2 Å². The molecule has 21 heavy (non-hydrogen) atoms. The highest BCUT2D eigenvalue weighted by atomic mass is 35.5. The lowest BCUT2D eigenvalue weighted by Crippen LogP contribution is -2.17. The molecule has 8 heteroatoms. The van der Waals surface area contributed by atoms with E-state index in [4.69, 9.17) is 23.2 Å². The van der Waals surface area contributed by atoms with Crippen molar-refractivity contribution in [2.75, 3.05) is 5.75 Å². The van der Waals surface area contributed by atoms with Crippen LogP contribution in [0.2, 0.25) is 10.0 Å². The number of sulfone groups is 1. The topological polar surface area (TPSA) is 79.9 Å². The summed E-state index contributed by atoms with van der Waals surface area (Å²) in [7, 11) is -3.64. The van der Waals surface area contributed by atoms with Gasteiger partial charge < -0.3 is 0 Å². The predicted molar refractivity (Wildman–Crippen MR) is 82.7 cm³/mol. The van der Waals surface area contributed by atoms with Crippen LogP contribution in [0.4, 0.5) is 0 Å². The van der Waals surface area contributed by atoms with Gasteiger partial charge in [0.2, 0.25) is 5.43 Å². The molecule has 1 aromatic heterocycles. The number of nitrogens with zero attached hydrogens (tertiary/aromatic N) is 1. The minimum absolute atomic E-state index is 0.00264. The van der Waals surface area contributed by atoms with Gasteiger partial charge in [-0.1, -0.05) is 30.1 Å². The number of halogens is 2. The largest absolute Gasteiger partial charge is 0.287 e. The van der Waals surface area contributed by atoms with Crippen LogP contribution in [0.1, 0.15) is 13.3 Å². The lowest BCUT2D eigenvalue weighted by Gasteiger charge is -2.09. The van der Waals surface area contributed by atoms with E-state index in [9.17, 15) is 13.2 Å². The molecule has 1 heterocycles. The maximum absolute atomic E-state index is 12.3. The Bertz CT molecular complexity index is 811. The van der Waals surface area contributed by atoms with Crippen LogP contribution in [0.25, 0.3) is 11.1 Å². The van der Waals surface area contributed by atoms with Gasteiger partial charge in [0.05, 0.1) is 17.5 Å². The van der Waals surface area contributed by atoms with Crippen molar-refractivity contribution in [3.8, 4) is 11.1 Å². The minimum Gasteiger partial charge on any atom is -0.287 e. The van der Waals surface area contributed by atoms with E-state index in [1.807, 2.05) is 0 Å². The van der Waals surface area contributed by atoms with Gasteiger partial charge in [0.1, 0.15) is 0 Å². The van der Waals surface area contributed by atoms with Gasteiger partial charge in [-0.3, -0.25) is 9.89 Å². The van der Waals surface area contributed by atoms with Crippen molar-refractivity contribution in [2.24, 2.45) is 0 Å². The molecule has 0 atom stereocenters. The molecule has 112 valence electrons. The fourth-order valence-electron chi connectivity index (χ4n) is 1.95. The number of H-pyrrole nitrogens is 1. The number of nitrogens with one attached hydrogen (secondary N) is 1. The zero-order valence-corrected chi connectivity index (χ0v) is 13.4. The van der Waals surface area contributed by atoms with E-state index in [0.717, 1.165) is 6.20 Å². The van der Waals surface area contributed by atoms with Crippen molar-refractivity contribution in [3.05, 3.63) is 44.7 Å². The Morgan fingerprint density at radius 2 is 1.81 bits per heavy atom. The molecular formula is C13H12Cl2N2O3S. The van der Waals surface area contributed by atoms with Gasteiger partial charge in [-0.05, 0) is 30.2 Å². The Morgan fingerprint density at radius 1 is 1.19 bits per heavy atom. The first kappa shape index (κ1) is 16.0. The van der Waals surface area contributed by atoms with Crippen LogP contribution in [0.15, 0.2) is 34.2 Å². The van der Waals surface area contributed by atoms with Crippen LogP contribution >= 0.6 is 23.2 Å². The van der Waals surface area contributed by atoms with E-state index in [2.05, 4.69) is 10.2 Å². The Kier molecular flexibility index (Phi) is 4.70. The van der Waals surface area contributed by atoms with E-state index in [-0.39, 0.29) is 16.3 Å². The molecule has 5 nitrogen and oxygen atoms in total. The summed E-state index contributed by atoms with van der Waals surface area (Å²) in [5.74, 6) is -0.0874. The maximum atomic E-state index is 12.3. The normalized spacial score (nSPS) is 11.6. The number of aromatic amines is 1. The van der Waals surface area contributed by atoms with Gasteiger partial charge in [-0.2, -0.15) is 5.10 Å². The Balaban J connectivity index is 2.77. The summed E-state index contributed by atoms with van der Waals surface area (Å²) in [5.41, 5.74) is -0.171. The molecule has 1 aromatic carbocycles. The first-order chi connectivity index (χ1) is 9.85. The molecule has 0 spiro atoms. The quantitative estimate of drug-likeness (QED) is 0.922. The molecule has 2 rings (SSSR count). The number of hydrogen-bond acceptors (Lipinski definition) is 4. The van der Waals surface area contributed by atoms with Gasteiger partial charge in [0.15, 0.2) is 14.9 Å². The fourth-order valence-corrected chi connectivity index (χ4v) is 3.94. The SMILES string of the molecule is CCCS(=O)(=O)c1[nH]ncc(=O)c1-c1cc(Cl)cc(Cl)c1. The lowest BCUT2D eigenvalue weighted by atomic mass is 10.1. The van der Waals surface area contributed by atoms with Crippen molar-refractivity contribution in [1.82, 2.24) is 10.2 Å². The molecule has 0 aliphatic rings.